The Balaban J connectivity index is 1.90. The van der Waals surface area contributed by atoms with Gasteiger partial charge in [0.1, 0.15) is 0 Å². The first kappa shape index (κ1) is 13.8. The molecule has 19 heavy (non-hydrogen) atoms. The fourth-order valence-corrected chi connectivity index (χ4v) is 2.41. The summed E-state index contributed by atoms with van der Waals surface area (Å²) in [4.78, 5) is 25.6. The van der Waals surface area contributed by atoms with Gasteiger partial charge in [-0.2, -0.15) is 0 Å². The van der Waals surface area contributed by atoms with E-state index in [9.17, 15) is 9.59 Å². The van der Waals surface area contributed by atoms with E-state index in [0.29, 0.717) is 17.7 Å². The zero-order chi connectivity index (χ0) is 13.8. The molecule has 0 aliphatic carbocycles. The molecule has 0 N–H and O–H groups in total. The lowest BCUT2D eigenvalue weighted by molar-refractivity contribution is 0.0651. The average molecular weight is 259 g/mol. The van der Waals surface area contributed by atoms with E-state index in [0.717, 1.165) is 18.8 Å². The van der Waals surface area contributed by atoms with Gasteiger partial charge in [0, 0.05) is 6.54 Å². The summed E-state index contributed by atoms with van der Waals surface area (Å²) < 4.78 is 0. The number of unbranched alkanes of at least 4 members (excludes halogenated alkanes) is 1. The molecule has 0 aromatic heterocycles. The van der Waals surface area contributed by atoms with Crippen molar-refractivity contribution in [1.82, 2.24) is 4.90 Å². The van der Waals surface area contributed by atoms with Crippen molar-refractivity contribution in [3.05, 3.63) is 35.4 Å². The first-order chi connectivity index (χ1) is 9.15. The number of carbonyl (C=O) groups excluding carboxylic acids is 2. The van der Waals surface area contributed by atoms with Crippen molar-refractivity contribution < 1.29 is 9.59 Å². The number of imide groups is 1. The highest BCUT2D eigenvalue weighted by Gasteiger charge is 2.34. The molecule has 1 heterocycles. The fourth-order valence-electron chi connectivity index (χ4n) is 2.41. The normalized spacial score (nSPS) is 15.8. The Kier molecular flexibility index (Phi) is 4.35. The van der Waals surface area contributed by atoms with Crippen LogP contribution in [0.2, 0.25) is 0 Å². The molecule has 1 unspecified atom stereocenters. The minimum absolute atomic E-state index is 0.135. The third-order valence-electron chi connectivity index (χ3n) is 3.90. The summed E-state index contributed by atoms with van der Waals surface area (Å²) >= 11 is 0. The molecule has 0 bridgehead atoms. The predicted molar refractivity (Wildman–Crippen MR) is 75.1 cm³/mol. The van der Waals surface area contributed by atoms with Gasteiger partial charge in [0.2, 0.25) is 0 Å². The summed E-state index contributed by atoms with van der Waals surface area (Å²) in [6, 6.07) is 7.07. The largest absolute Gasteiger partial charge is 0.274 e. The van der Waals surface area contributed by atoms with Crippen LogP contribution in [0.25, 0.3) is 0 Å². The molecule has 0 saturated carbocycles. The van der Waals surface area contributed by atoms with E-state index in [4.69, 9.17) is 0 Å². The van der Waals surface area contributed by atoms with E-state index in [1.165, 1.54) is 17.7 Å². The summed E-state index contributed by atoms with van der Waals surface area (Å²) in [6.07, 6.45) is 4.32. The van der Waals surface area contributed by atoms with Crippen LogP contribution in [0.3, 0.4) is 0 Å². The molecular weight excluding hydrogens is 238 g/mol. The van der Waals surface area contributed by atoms with Gasteiger partial charge >= 0.3 is 0 Å². The Morgan fingerprint density at radius 3 is 2.16 bits per heavy atom. The first-order valence-corrected chi connectivity index (χ1v) is 7.10. The molecule has 102 valence electrons. The molecule has 1 aromatic rings. The van der Waals surface area contributed by atoms with Crippen LogP contribution >= 0.6 is 0 Å². The maximum atomic E-state index is 12.1. The van der Waals surface area contributed by atoms with Gasteiger partial charge < -0.3 is 0 Å². The highest BCUT2D eigenvalue weighted by molar-refractivity contribution is 6.21. The monoisotopic (exact) mass is 259 g/mol. The lowest BCUT2D eigenvalue weighted by atomic mass is 10.0. The average Bonchev–Trinajstić information content (AvgIpc) is 2.68. The topological polar surface area (TPSA) is 37.4 Å². The van der Waals surface area contributed by atoms with Crippen LogP contribution in [-0.4, -0.2) is 23.3 Å². The predicted octanol–water partition coefficient (Wildman–Crippen LogP) is 3.50. The van der Waals surface area contributed by atoms with Gasteiger partial charge in [-0.25, -0.2) is 0 Å². The second-order valence-corrected chi connectivity index (χ2v) is 5.32. The third-order valence-corrected chi connectivity index (χ3v) is 3.90. The van der Waals surface area contributed by atoms with E-state index in [1.54, 1.807) is 24.3 Å². The van der Waals surface area contributed by atoms with Crippen LogP contribution in [0, 0.1) is 5.92 Å². The number of carbonyl (C=O) groups is 2. The Morgan fingerprint density at radius 1 is 1.05 bits per heavy atom. The van der Waals surface area contributed by atoms with Gasteiger partial charge in [0.25, 0.3) is 11.8 Å². The molecule has 1 aliphatic heterocycles. The molecule has 1 aliphatic rings. The number of amides is 2. The Bertz CT molecular complexity index is 446. The molecule has 0 fully saturated rings. The molecule has 3 nitrogen and oxygen atoms in total. The zero-order valence-corrected chi connectivity index (χ0v) is 11.7. The molecule has 3 heteroatoms. The Morgan fingerprint density at radius 2 is 1.63 bits per heavy atom. The van der Waals surface area contributed by atoms with E-state index < -0.39 is 0 Å². The van der Waals surface area contributed by atoms with Crippen molar-refractivity contribution in [3.8, 4) is 0 Å². The molecule has 1 atom stereocenters. The summed E-state index contributed by atoms with van der Waals surface area (Å²) in [5, 5.41) is 0. The number of hydrogen-bond acceptors (Lipinski definition) is 2. The smallest absolute Gasteiger partial charge is 0.261 e. The summed E-state index contributed by atoms with van der Waals surface area (Å²) in [6.45, 7) is 4.97. The van der Waals surface area contributed by atoms with E-state index in [1.807, 2.05) is 0 Å². The molecule has 2 rings (SSSR count). The van der Waals surface area contributed by atoms with Crippen molar-refractivity contribution in [2.24, 2.45) is 5.92 Å². The summed E-state index contributed by atoms with van der Waals surface area (Å²) in [5.74, 6) is 0.454. The maximum absolute atomic E-state index is 12.1. The second kappa shape index (κ2) is 6.00. The Hall–Kier alpha value is -1.64. The minimum atomic E-state index is -0.135. The lowest BCUT2D eigenvalue weighted by Gasteiger charge is -2.14. The molecule has 0 saturated heterocycles. The summed E-state index contributed by atoms with van der Waals surface area (Å²) in [7, 11) is 0. The SMILES string of the molecule is CCC(C)CCCCN1C(=O)c2ccccc2C1=O. The number of benzene rings is 1. The van der Waals surface area contributed by atoms with Gasteiger partial charge in [-0.3, -0.25) is 14.5 Å². The molecule has 0 radical (unpaired) electrons. The van der Waals surface area contributed by atoms with Crippen LogP contribution in [-0.2, 0) is 0 Å². The highest BCUT2D eigenvalue weighted by Crippen LogP contribution is 2.23. The number of hydrogen-bond donors (Lipinski definition) is 0. The summed E-state index contributed by atoms with van der Waals surface area (Å²) in [5.41, 5.74) is 1.10. The third kappa shape index (κ3) is 2.86. The van der Waals surface area contributed by atoms with E-state index >= 15 is 0 Å². The van der Waals surface area contributed by atoms with E-state index in [-0.39, 0.29) is 11.8 Å². The van der Waals surface area contributed by atoms with Gasteiger partial charge in [-0.05, 0) is 24.5 Å². The fraction of sp³-hybridized carbons (Fsp3) is 0.500. The highest BCUT2D eigenvalue weighted by atomic mass is 16.2. The number of nitrogens with zero attached hydrogens (tertiary/aromatic N) is 1. The van der Waals surface area contributed by atoms with Crippen LogP contribution in [0.5, 0.6) is 0 Å². The molecule has 0 spiro atoms. The van der Waals surface area contributed by atoms with Crippen LogP contribution in [0.4, 0.5) is 0 Å². The molecule has 1 aromatic carbocycles. The van der Waals surface area contributed by atoms with Gasteiger partial charge in [0.15, 0.2) is 0 Å². The van der Waals surface area contributed by atoms with Gasteiger partial charge in [-0.1, -0.05) is 45.2 Å². The van der Waals surface area contributed by atoms with Crippen molar-refractivity contribution >= 4 is 11.8 Å². The first-order valence-electron chi connectivity index (χ1n) is 7.10. The van der Waals surface area contributed by atoms with Gasteiger partial charge in [0.05, 0.1) is 11.1 Å². The molecule has 2 amide bonds. The number of fused-ring (bicyclic) bond motifs is 1. The van der Waals surface area contributed by atoms with Crippen LogP contribution in [0.1, 0.15) is 60.2 Å². The Labute approximate surface area is 114 Å². The minimum Gasteiger partial charge on any atom is -0.274 e. The zero-order valence-electron chi connectivity index (χ0n) is 11.7. The van der Waals surface area contributed by atoms with Crippen LogP contribution < -0.4 is 0 Å². The van der Waals surface area contributed by atoms with Crippen molar-refractivity contribution in [3.63, 3.8) is 0 Å². The van der Waals surface area contributed by atoms with E-state index in [2.05, 4.69) is 13.8 Å². The van der Waals surface area contributed by atoms with Crippen molar-refractivity contribution in [2.75, 3.05) is 6.54 Å². The quantitative estimate of drug-likeness (QED) is 0.579. The van der Waals surface area contributed by atoms with Crippen LogP contribution in [0.15, 0.2) is 24.3 Å². The number of rotatable bonds is 6. The second-order valence-electron chi connectivity index (χ2n) is 5.32. The van der Waals surface area contributed by atoms with Crippen molar-refractivity contribution in [1.29, 1.82) is 0 Å². The standard InChI is InChI=1S/C16H21NO2/c1-3-12(2)8-6-7-11-17-15(18)13-9-4-5-10-14(13)16(17)19/h4-5,9-10,12H,3,6-8,11H2,1-2H3. The lowest BCUT2D eigenvalue weighted by Crippen LogP contribution is -2.30. The van der Waals surface area contributed by atoms with Gasteiger partial charge in [-0.15, -0.1) is 0 Å². The maximum Gasteiger partial charge on any atom is 0.261 e. The molecular formula is C16H21NO2. The van der Waals surface area contributed by atoms with Crippen molar-refractivity contribution in [2.45, 2.75) is 39.5 Å².